The number of phenols is 1. The number of aromatic hydroxyl groups is 1. The molecule has 2 aliphatic rings. The van der Waals surface area contributed by atoms with Crippen molar-refractivity contribution in [2.75, 3.05) is 7.05 Å². The highest BCUT2D eigenvalue weighted by Crippen LogP contribution is 2.42. The number of hydrogen-bond acceptors (Lipinski definition) is 6. The van der Waals surface area contributed by atoms with Gasteiger partial charge < -0.3 is 15.7 Å². The zero-order chi connectivity index (χ0) is 20.4. The highest BCUT2D eigenvalue weighted by molar-refractivity contribution is 7.99. The molecular weight excluding hydrogens is 384 g/mol. The minimum absolute atomic E-state index is 0.113. The van der Waals surface area contributed by atoms with Gasteiger partial charge in [-0.15, -0.1) is 22.0 Å². The first kappa shape index (κ1) is 19.9. The van der Waals surface area contributed by atoms with E-state index in [2.05, 4.69) is 27.8 Å². The fourth-order valence-corrected chi connectivity index (χ4v) is 5.64. The van der Waals surface area contributed by atoms with Crippen LogP contribution in [0.4, 0.5) is 0 Å². The van der Waals surface area contributed by atoms with Gasteiger partial charge in [-0.3, -0.25) is 4.79 Å². The Hall–Kier alpha value is -2.38. The van der Waals surface area contributed by atoms with E-state index in [1.807, 2.05) is 30.0 Å². The van der Waals surface area contributed by atoms with Crippen LogP contribution in [0.5, 0.6) is 5.75 Å². The van der Waals surface area contributed by atoms with E-state index >= 15 is 0 Å². The number of carbonyl (C=O) groups excluding carboxylic acids is 1. The fraction of sp³-hybridized carbons (Fsp3) is 0.409. The molecule has 0 aliphatic carbocycles. The molecule has 4 rings (SSSR count). The quantitative estimate of drug-likeness (QED) is 0.655. The van der Waals surface area contributed by atoms with Crippen LogP contribution in [-0.2, 0) is 4.79 Å². The first-order chi connectivity index (χ1) is 13.9. The van der Waals surface area contributed by atoms with Crippen LogP contribution in [0.1, 0.15) is 38.2 Å². The topological polar surface area (TPSA) is 87.1 Å². The van der Waals surface area contributed by atoms with Crippen LogP contribution in [0.2, 0.25) is 0 Å². The van der Waals surface area contributed by atoms with Gasteiger partial charge in [0, 0.05) is 35.5 Å². The minimum Gasteiger partial charge on any atom is -0.507 e. The number of rotatable bonds is 5. The van der Waals surface area contributed by atoms with E-state index in [-0.39, 0.29) is 17.2 Å². The zero-order valence-corrected chi connectivity index (χ0v) is 17.5. The SMILES string of the molecule is CNC(=O)/C=C/c1ccc(-c2ccc(S[C@H]3C[C@@H]4CC[C@](C)(C3)N4)nn2)c(O)c1. The average molecular weight is 411 g/mol. The third-order valence-electron chi connectivity index (χ3n) is 5.72. The number of phenolic OH excluding ortho intramolecular Hbond substituents is 1. The number of benzene rings is 1. The summed E-state index contributed by atoms with van der Waals surface area (Å²) in [6, 6.07) is 9.77. The molecule has 2 saturated heterocycles. The summed E-state index contributed by atoms with van der Waals surface area (Å²) in [5.41, 5.74) is 2.27. The maximum absolute atomic E-state index is 11.3. The third kappa shape index (κ3) is 4.62. The van der Waals surface area contributed by atoms with Crippen LogP contribution in [-0.4, -0.2) is 45.1 Å². The number of aromatic nitrogens is 2. The Morgan fingerprint density at radius 1 is 1.34 bits per heavy atom. The molecule has 7 heteroatoms. The van der Waals surface area contributed by atoms with Gasteiger partial charge in [0.25, 0.3) is 0 Å². The van der Waals surface area contributed by atoms with E-state index in [0.717, 1.165) is 17.0 Å². The predicted molar refractivity (Wildman–Crippen MR) is 116 cm³/mol. The van der Waals surface area contributed by atoms with Gasteiger partial charge >= 0.3 is 0 Å². The van der Waals surface area contributed by atoms with E-state index in [1.165, 1.54) is 25.3 Å². The maximum Gasteiger partial charge on any atom is 0.243 e. The van der Waals surface area contributed by atoms with Gasteiger partial charge in [-0.1, -0.05) is 6.07 Å². The number of fused-ring (bicyclic) bond motifs is 2. The van der Waals surface area contributed by atoms with Gasteiger partial charge in [0.05, 0.1) is 5.69 Å². The molecule has 2 bridgehead atoms. The van der Waals surface area contributed by atoms with Crippen molar-refractivity contribution in [3.8, 4) is 17.0 Å². The number of carbonyl (C=O) groups is 1. The van der Waals surface area contributed by atoms with E-state index in [4.69, 9.17) is 0 Å². The van der Waals surface area contributed by atoms with Crippen molar-refractivity contribution < 1.29 is 9.90 Å². The number of piperidine rings is 1. The molecule has 152 valence electrons. The lowest BCUT2D eigenvalue weighted by atomic mass is 9.93. The van der Waals surface area contributed by atoms with Crippen molar-refractivity contribution >= 4 is 23.7 Å². The van der Waals surface area contributed by atoms with E-state index in [0.29, 0.717) is 22.5 Å². The summed E-state index contributed by atoms with van der Waals surface area (Å²) < 4.78 is 0. The third-order valence-corrected chi connectivity index (χ3v) is 6.87. The average Bonchev–Trinajstić information content (AvgIpc) is 2.99. The van der Waals surface area contributed by atoms with Crippen molar-refractivity contribution in [3.05, 3.63) is 42.0 Å². The number of nitrogens with zero attached hydrogens (tertiary/aromatic N) is 2. The molecular formula is C22H26N4O2S. The second kappa shape index (κ2) is 8.16. The molecule has 0 spiro atoms. The highest BCUT2D eigenvalue weighted by Gasteiger charge is 2.42. The summed E-state index contributed by atoms with van der Waals surface area (Å²) in [5, 5.41) is 26.8. The van der Waals surface area contributed by atoms with Crippen molar-refractivity contribution in [1.82, 2.24) is 20.8 Å². The summed E-state index contributed by atoms with van der Waals surface area (Å²) in [6.07, 6.45) is 7.94. The van der Waals surface area contributed by atoms with Gasteiger partial charge in [0.1, 0.15) is 10.8 Å². The Bertz CT molecular complexity index is 931. The van der Waals surface area contributed by atoms with Crippen LogP contribution >= 0.6 is 11.8 Å². The molecule has 3 N–H and O–H groups in total. The molecule has 1 amide bonds. The first-order valence-electron chi connectivity index (χ1n) is 9.95. The summed E-state index contributed by atoms with van der Waals surface area (Å²) in [7, 11) is 1.57. The molecule has 0 unspecified atom stereocenters. The lowest BCUT2D eigenvalue weighted by molar-refractivity contribution is -0.115. The molecule has 6 nitrogen and oxygen atoms in total. The van der Waals surface area contributed by atoms with E-state index in [9.17, 15) is 9.90 Å². The predicted octanol–water partition coefficient (Wildman–Crippen LogP) is 3.37. The van der Waals surface area contributed by atoms with E-state index in [1.54, 1.807) is 25.3 Å². The number of nitrogens with one attached hydrogen (secondary N) is 2. The molecule has 29 heavy (non-hydrogen) atoms. The smallest absolute Gasteiger partial charge is 0.243 e. The summed E-state index contributed by atoms with van der Waals surface area (Å²) in [5.74, 6) is -0.0788. The van der Waals surface area contributed by atoms with Gasteiger partial charge in [0.2, 0.25) is 5.91 Å². The summed E-state index contributed by atoms with van der Waals surface area (Å²) in [4.78, 5) is 11.3. The van der Waals surface area contributed by atoms with Crippen LogP contribution in [0.25, 0.3) is 17.3 Å². The molecule has 1 aromatic heterocycles. The van der Waals surface area contributed by atoms with E-state index < -0.39 is 0 Å². The molecule has 2 aliphatic heterocycles. The minimum atomic E-state index is -0.191. The standard InChI is InChI=1S/C22H26N4O2S/c1-22-10-9-15(24-22)12-16(13-22)29-21-8-6-18(25-26-21)17-5-3-14(11-19(17)27)4-7-20(28)23-2/h3-8,11,15-16,24,27H,9-10,12-13H2,1-2H3,(H,23,28)/b7-4+/t15-,16-,22+/m0/s1. The second-order valence-corrected chi connectivity index (χ2v) is 9.42. The number of hydrogen-bond donors (Lipinski definition) is 3. The van der Waals surface area contributed by atoms with Crippen LogP contribution in [0.3, 0.4) is 0 Å². The molecule has 3 heterocycles. The Morgan fingerprint density at radius 2 is 2.21 bits per heavy atom. The van der Waals surface area contributed by atoms with Crippen LogP contribution in [0, 0.1) is 0 Å². The lowest BCUT2D eigenvalue weighted by Crippen LogP contribution is -2.48. The zero-order valence-electron chi connectivity index (χ0n) is 16.7. The van der Waals surface area contributed by atoms with Crippen LogP contribution < -0.4 is 10.6 Å². The van der Waals surface area contributed by atoms with Gasteiger partial charge in [-0.2, -0.15) is 0 Å². The van der Waals surface area contributed by atoms with Gasteiger partial charge in [0.15, 0.2) is 0 Å². The first-order valence-corrected chi connectivity index (χ1v) is 10.8. The number of likely N-dealkylation sites (N-methyl/N-ethyl adjacent to an activating group) is 1. The monoisotopic (exact) mass is 410 g/mol. The highest BCUT2D eigenvalue weighted by atomic mass is 32.2. The summed E-state index contributed by atoms with van der Waals surface area (Å²) in [6.45, 7) is 2.32. The maximum atomic E-state index is 11.3. The Balaban J connectivity index is 1.44. The second-order valence-electron chi connectivity index (χ2n) is 8.10. The molecule has 1 aromatic carbocycles. The van der Waals surface area contributed by atoms with Crippen LogP contribution in [0.15, 0.2) is 41.4 Å². The van der Waals surface area contributed by atoms with Crippen molar-refractivity contribution in [2.24, 2.45) is 0 Å². The van der Waals surface area contributed by atoms with Crippen molar-refractivity contribution in [2.45, 2.75) is 54.5 Å². The number of amides is 1. The normalized spacial score (nSPS) is 26.0. The van der Waals surface area contributed by atoms with Gasteiger partial charge in [-0.05, 0) is 68.5 Å². The Morgan fingerprint density at radius 3 is 2.90 bits per heavy atom. The fourth-order valence-electron chi connectivity index (χ4n) is 4.28. The molecule has 2 fully saturated rings. The lowest BCUT2D eigenvalue weighted by Gasteiger charge is -2.35. The number of thioether (sulfide) groups is 1. The molecule has 2 aromatic rings. The Labute approximate surface area is 175 Å². The van der Waals surface area contributed by atoms with Gasteiger partial charge in [-0.25, -0.2) is 0 Å². The largest absolute Gasteiger partial charge is 0.507 e. The molecule has 0 radical (unpaired) electrons. The van der Waals surface area contributed by atoms with Crippen molar-refractivity contribution in [3.63, 3.8) is 0 Å². The summed E-state index contributed by atoms with van der Waals surface area (Å²) >= 11 is 1.81. The molecule has 3 atom stereocenters. The Kier molecular flexibility index (Phi) is 5.61. The van der Waals surface area contributed by atoms with Crippen molar-refractivity contribution in [1.29, 1.82) is 0 Å². The molecule has 0 saturated carbocycles.